The number of alkyl halides is 3. The minimum absolute atomic E-state index is 0.285. The van der Waals surface area contributed by atoms with E-state index in [-0.39, 0.29) is 5.92 Å². The summed E-state index contributed by atoms with van der Waals surface area (Å²) in [4.78, 5) is 0. The third-order valence-electron chi connectivity index (χ3n) is 4.11. The molecule has 0 bridgehead atoms. The zero-order chi connectivity index (χ0) is 12.6. The van der Waals surface area contributed by atoms with E-state index in [2.05, 4.69) is 13.8 Å². The Morgan fingerprint density at radius 1 is 1.12 bits per heavy atom. The first-order valence-electron chi connectivity index (χ1n) is 6.06. The lowest BCUT2D eigenvalue weighted by Crippen LogP contribution is -2.10. The molecule has 0 saturated heterocycles. The van der Waals surface area contributed by atoms with Gasteiger partial charge in [-0.1, -0.05) is 32.0 Å². The Balaban J connectivity index is 2.28. The third kappa shape index (κ3) is 2.48. The minimum atomic E-state index is -4.23. The fourth-order valence-electron chi connectivity index (χ4n) is 2.78. The Hall–Kier alpha value is -0.990. The van der Waals surface area contributed by atoms with Gasteiger partial charge in [0.1, 0.15) is 0 Å². The summed E-state index contributed by atoms with van der Waals surface area (Å²) in [5.74, 6) is 1.36. The van der Waals surface area contributed by atoms with Crippen molar-refractivity contribution in [2.45, 2.75) is 38.8 Å². The summed E-state index contributed by atoms with van der Waals surface area (Å²) in [5.41, 5.74) is 0.318. The standard InChI is InChI=1S/C14H17F3/c1-9-6-7-13(10(9)2)11-4-3-5-12(8-11)14(15,16)17/h3-5,8-10,13H,6-7H2,1-2H3. The van der Waals surface area contributed by atoms with Gasteiger partial charge in [-0.15, -0.1) is 0 Å². The van der Waals surface area contributed by atoms with Crippen molar-refractivity contribution in [2.24, 2.45) is 11.8 Å². The lowest BCUT2D eigenvalue weighted by Gasteiger charge is -2.19. The van der Waals surface area contributed by atoms with E-state index in [9.17, 15) is 13.2 Å². The predicted octanol–water partition coefficient (Wildman–Crippen LogP) is 4.86. The number of halogens is 3. The van der Waals surface area contributed by atoms with Crippen LogP contribution in [0.4, 0.5) is 13.2 Å². The van der Waals surface area contributed by atoms with Crippen LogP contribution >= 0.6 is 0 Å². The molecule has 0 spiro atoms. The maximum atomic E-state index is 12.6. The van der Waals surface area contributed by atoms with Crippen LogP contribution in [0.3, 0.4) is 0 Å². The predicted molar refractivity (Wildman–Crippen MR) is 61.7 cm³/mol. The SMILES string of the molecule is CC1CCC(c2cccc(C(F)(F)F)c2)C1C. The van der Waals surface area contributed by atoms with Crippen molar-refractivity contribution in [3.8, 4) is 0 Å². The molecule has 0 N–H and O–H groups in total. The molecule has 1 aliphatic rings. The van der Waals surface area contributed by atoms with Gasteiger partial charge in [0, 0.05) is 0 Å². The zero-order valence-corrected chi connectivity index (χ0v) is 10.1. The van der Waals surface area contributed by atoms with Crippen molar-refractivity contribution in [3.63, 3.8) is 0 Å². The average molecular weight is 242 g/mol. The maximum Gasteiger partial charge on any atom is 0.416 e. The Morgan fingerprint density at radius 3 is 2.35 bits per heavy atom. The lowest BCUT2D eigenvalue weighted by molar-refractivity contribution is -0.137. The molecule has 1 aromatic carbocycles. The topological polar surface area (TPSA) is 0 Å². The first kappa shape index (κ1) is 12.5. The molecule has 94 valence electrons. The van der Waals surface area contributed by atoms with E-state index >= 15 is 0 Å². The summed E-state index contributed by atoms with van der Waals surface area (Å²) < 4.78 is 37.9. The quantitative estimate of drug-likeness (QED) is 0.660. The second-order valence-corrected chi connectivity index (χ2v) is 5.14. The minimum Gasteiger partial charge on any atom is -0.166 e. The molecule has 3 unspecified atom stereocenters. The Labute approximate surface area is 99.8 Å². The van der Waals surface area contributed by atoms with Gasteiger partial charge < -0.3 is 0 Å². The van der Waals surface area contributed by atoms with Gasteiger partial charge in [-0.25, -0.2) is 0 Å². The Kier molecular flexibility index (Phi) is 3.19. The van der Waals surface area contributed by atoms with Gasteiger partial charge in [0.15, 0.2) is 0 Å². The molecule has 1 saturated carbocycles. The van der Waals surface area contributed by atoms with E-state index in [1.165, 1.54) is 12.1 Å². The van der Waals surface area contributed by atoms with E-state index in [1.54, 1.807) is 0 Å². The molecule has 1 fully saturated rings. The van der Waals surface area contributed by atoms with Crippen molar-refractivity contribution in [3.05, 3.63) is 35.4 Å². The summed E-state index contributed by atoms with van der Waals surface area (Å²) in [6, 6.07) is 5.81. The van der Waals surface area contributed by atoms with Crippen LogP contribution in [0.15, 0.2) is 24.3 Å². The normalized spacial score (nSPS) is 29.6. The molecule has 2 rings (SSSR count). The molecule has 0 radical (unpaired) electrons. The Morgan fingerprint density at radius 2 is 1.82 bits per heavy atom. The van der Waals surface area contributed by atoms with E-state index in [4.69, 9.17) is 0 Å². The second-order valence-electron chi connectivity index (χ2n) is 5.14. The van der Waals surface area contributed by atoms with Gasteiger partial charge in [-0.05, 0) is 42.2 Å². The van der Waals surface area contributed by atoms with Crippen LogP contribution in [0.1, 0.15) is 43.7 Å². The molecule has 1 aliphatic carbocycles. The van der Waals surface area contributed by atoms with Crippen LogP contribution in [-0.2, 0) is 6.18 Å². The summed E-state index contributed by atoms with van der Waals surface area (Å²) in [6.07, 6.45) is -2.12. The summed E-state index contributed by atoms with van der Waals surface area (Å²) in [7, 11) is 0. The van der Waals surface area contributed by atoms with Crippen molar-refractivity contribution in [1.29, 1.82) is 0 Å². The van der Waals surface area contributed by atoms with Crippen LogP contribution in [0.5, 0.6) is 0 Å². The summed E-state index contributed by atoms with van der Waals surface area (Å²) in [6.45, 7) is 4.32. The molecule has 3 atom stereocenters. The third-order valence-corrected chi connectivity index (χ3v) is 4.11. The van der Waals surface area contributed by atoms with E-state index in [0.29, 0.717) is 11.8 Å². The number of rotatable bonds is 1. The highest BCUT2D eigenvalue weighted by Crippen LogP contribution is 2.44. The van der Waals surface area contributed by atoms with Crippen LogP contribution in [-0.4, -0.2) is 0 Å². The first-order valence-corrected chi connectivity index (χ1v) is 6.06. The van der Waals surface area contributed by atoms with Crippen molar-refractivity contribution in [2.75, 3.05) is 0 Å². The monoisotopic (exact) mass is 242 g/mol. The highest BCUT2D eigenvalue weighted by Gasteiger charge is 2.34. The maximum absolute atomic E-state index is 12.6. The second kappa shape index (κ2) is 4.35. The molecule has 0 heterocycles. The molecule has 0 aromatic heterocycles. The Bertz CT molecular complexity index is 395. The number of benzene rings is 1. The zero-order valence-electron chi connectivity index (χ0n) is 10.1. The van der Waals surface area contributed by atoms with E-state index in [1.807, 2.05) is 6.07 Å². The summed E-state index contributed by atoms with van der Waals surface area (Å²) >= 11 is 0. The van der Waals surface area contributed by atoms with Gasteiger partial charge in [-0.3, -0.25) is 0 Å². The van der Waals surface area contributed by atoms with Gasteiger partial charge in [0.2, 0.25) is 0 Å². The average Bonchev–Trinajstić information content (AvgIpc) is 2.59. The van der Waals surface area contributed by atoms with Gasteiger partial charge in [0.05, 0.1) is 5.56 Å². The van der Waals surface area contributed by atoms with Crippen LogP contribution < -0.4 is 0 Å². The number of hydrogen-bond donors (Lipinski definition) is 0. The largest absolute Gasteiger partial charge is 0.416 e. The fourth-order valence-corrected chi connectivity index (χ4v) is 2.78. The molecular weight excluding hydrogens is 225 g/mol. The van der Waals surface area contributed by atoms with E-state index in [0.717, 1.165) is 24.5 Å². The highest BCUT2D eigenvalue weighted by molar-refractivity contribution is 5.29. The van der Waals surface area contributed by atoms with Gasteiger partial charge in [-0.2, -0.15) is 13.2 Å². The van der Waals surface area contributed by atoms with Crippen LogP contribution in [0.25, 0.3) is 0 Å². The van der Waals surface area contributed by atoms with Crippen LogP contribution in [0, 0.1) is 11.8 Å². The number of hydrogen-bond acceptors (Lipinski definition) is 0. The lowest BCUT2D eigenvalue weighted by atomic mass is 9.86. The highest BCUT2D eigenvalue weighted by atomic mass is 19.4. The molecule has 0 aliphatic heterocycles. The van der Waals surface area contributed by atoms with Crippen molar-refractivity contribution in [1.82, 2.24) is 0 Å². The van der Waals surface area contributed by atoms with E-state index < -0.39 is 11.7 Å². The molecule has 0 nitrogen and oxygen atoms in total. The van der Waals surface area contributed by atoms with Crippen molar-refractivity contribution >= 4 is 0 Å². The summed E-state index contributed by atoms with van der Waals surface area (Å²) in [5, 5.41) is 0. The molecular formula is C14H17F3. The van der Waals surface area contributed by atoms with Crippen LogP contribution in [0.2, 0.25) is 0 Å². The van der Waals surface area contributed by atoms with Gasteiger partial charge >= 0.3 is 6.18 Å². The molecule has 17 heavy (non-hydrogen) atoms. The van der Waals surface area contributed by atoms with Gasteiger partial charge in [0.25, 0.3) is 0 Å². The molecule has 1 aromatic rings. The molecule has 0 amide bonds. The molecule has 3 heteroatoms. The fraction of sp³-hybridized carbons (Fsp3) is 0.571. The smallest absolute Gasteiger partial charge is 0.166 e. The first-order chi connectivity index (χ1) is 7.89. The van der Waals surface area contributed by atoms with Crippen molar-refractivity contribution < 1.29 is 13.2 Å².